The van der Waals surface area contributed by atoms with Crippen molar-refractivity contribution in [2.75, 3.05) is 26.4 Å². The maximum Gasteiger partial charge on any atom is 0.325 e. The Morgan fingerprint density at radius 3 is 2.71 bits per heavy atom. The minimum Gasteiger partial charge on any atom is -0.361 e. The zero-order chi connectivity index (χ0) is 17.4. The number of nitrogens with one attached hydrogen (secondary N) is 3. The lowest BCUT2D eigenvalue weighted by atomic mass is 9.95. The van der Waals surface area contributed by atoms with Gasteiger partial charge in [0.05, 0.1) is 12.1 Å². The van der Waals surface area contributed by atoms with Crippen LogP contribution in [-0.2, 0) is 15.1 Å². The van der Waals surface area contributed by atoms with E-state index in [-0.39, 0.29) is 24.2 Å². The number of imide groups is 1. The van der Waals surface area contributed by atoms with Gasteiger partial charge < -0.3 is 9.64 Å². The van der Waals surface area contributed by atoms with Crippen molar-refractivity contribution in [1.29, 1.82) is 0 Å². The molecule has 0 aromatic heterocycles. The molecule has 1 aliphatic rings. The van der Waals surface area contributed by atoms with Gasteiger partial charge in [-0.1, -0.05) is 30.3 Å². The molecule has 0 spiro atoms. The van der Waals surface area contributed by atoms with E-state index < -0.39 is 0 Å². The Hall–Kier alpha value is -1.96. The molecule has 24 heavy (non-hydrogen) atoms. The molecule has 3 N–H and O–H groups in total. The number of nitrogens with zero attached hydrogens (tertiary/aromatic N) is 1. The van der Waals surface area contributed by atoms with Gasteiger partial charge in [0.15, 0.2) is 0 Å². The summed E-state index contributed by atoms with van der Waals surface area (Å²) in [4.78, 5) is 24.0. The van der Waals surface area contributed by atoms with Crippen molar-refractivity contribution >= 4 is 11.9 Å². The number of ether oxygens (including phenoxy) is 1. The summed E-state index contributed by atoms with van der Waals surface area (Å²) in [5.41, 5.74) is 7.56. The summed E-state index contributed by atoms with van der Waals surface area (Å²) < 4.78 is 5.48. The van der Waals surface area contributed by atoms with E-state index in [2.05, 4.69) is 42.1 Å². The molecule has 0 radical (unpaired) electrons. The van der Waals surface area contributed by atoms with E-state index >= 15 is 0 Å². The zero-order valence-corrected chi connectivity index (χ0v) is 14.3. The zero-order valence-electron chi connectivity index (χ0n) is 14.3. The molecule has 1 heterocycles. The molecule has 1 aromatic carbocycles. The number of hydrogen-bond acceptors (Lipinski definition) is 5. The van der Waals surface area contributed by atoms with E-state index in [9.17, 15) is 9.59 Å². The molecular weight excluding hydrogens is 308 g/mol. The fraction of sp³-hybridized carbons (Fsp3) is 0.529. The Balaban J connectivity index is 1.55. The van der Waals surface area contributed by atoms with Crippen molar-refractivity contribution in [3.8, 4) is 0 Å². The molecule has 0 unspecified atom stereocenters. The van der Waals surface area contributed by atoms with Crippen molar-refractivity contribution < 1.29 is 14.3 Å². The molecule has 7 nitrogen and oxygen atoms in total. The second-order valence-electron chi connectivity index (χ2n) is 6.30. The maximum absolute atomic E-state index is 11.5. The lowest BCUT2D eigenvalue weighted by Crippen LogP contribution is -2.50. The second-order valence-corrected chi connectivity index (χ2v) is 6.30. The van der Waals surface area contributed by atoms with Crippen molar-refractivity contribution in [2.24, 2.45) is 0 Å². The van der Waals surface area contributed by atoms with Gasteiger partial charge in [-0.05, 0) is 25.8 Å². The third-order valence-electron chi connectivity index (χ3n) is 3.88. The molecular formula is C17H26N4O3. The van der Waals surface area contributed by atoms with Gasteiger partial charge in [-0.2, -0.15) is 0 Å². The largest absolute Gasteiger partial charge is 0.361 e. The number of hydrazine groups is 1. The second kappa shape index (κ2) is 8.77. The van der Waals surface area contributed by atoms with Gasteiger partial charge >= 0.3 is 6.03 Å². The molecule has 0 bridgehead atoms. The van der Waals surface area contributed by atoms with Gasteiger partial charge in [0, 0.05) is 19.5 Å². The Bertz CT molecular complexity index is 548. The first-order valence-electron chi connectivity index (χ1n) is 8.21. The fourth-order valence-corrected chi connectivity index (χ4v) is 2.37. The normalized spacial score (nSPS) is 15.5. The predicted octanol–water partition coefficient (Wildman–Crippen LogP) is 1.32. The van der Waals surface area contributed by atoms with Crippen LogP contribution in [0.4, 0.5) is 4.79 Å². The average Bonchev–Trinajstić information content (AvgIpc) is 2.56. The third kappa shape index (κ3) is 5.59. The molecule has 1 fully saturated rings. The van der Waals surface area contributed by atoms with Crippen LogP contribution in [0, 0.1) is 0 Å². The van der Waals surface area contributed by atoms with Crippen LogP contribution in [0.1, 0.15) is 32.3 Å². The van der Waals surface area contributed by atoms with E-state index in [4.69, 9.17) is 4.74 Å². The quantitative estimate of drug-likeness (QED) is 0.469. The third-order valence-corrected chi connectivity index (χ3v) is 3.88. The Labute approximate surface area is 142 Å². The van der Waals surface area contributed by atoms with Crippen molar-refractivity contribution in [3.63, 3.8) is 0 Å². The molecule has 2 rings (SSSR count). The summed E-state index contributed by atoms with van der Waals surface area (Å²) in [5, 5.41) is 2.27. The van der Waals surface area contributed by atoms with Crippen LogP contribution in [-0.4, -0.2) is 43.3 Å². The predicted molar refractivity (Wildman–Crippen MR) is 90.9 cm³/mol. The number of benzene rings is 1. The maximum atomic E-state index is 11.5. The van der Waals surface area contributed by atoms with Crippen LogP contribution in [0.15, 0.2) is 30.3 Å². The molecule has 3 amide bonds. The van der Waals surface area contributed by atoms with Gasteiger partial charge in [-0.15, -0.1) is 0 Å². The highest BCUT2D eigenvalue weighted by Gasteiger charge is 2.22. The fourth-order valence-electron chi connectivity index (χ4n) is 2.37. The van der Waals surface area contributed by atoms with Crippen LogP contribution in [0.5, 0.6) is 0 Å². The monoisotopic (exact) mass is 334 g/mol. The summed E-state index contributed by atoms with van der Waals surface area (Å²) in [6.45, 7) is 6.14. The average molecular weight is 334 g/mol. The van der Waals surface area contributed by atoms with E-state index in [1.165, 1.54) is 10.5 Å². The number of carbonyl (C=O) groups excluding carboxylic acids is 2. The summed E-state index contributed by atoms with van der Waals surface area (Å²) in [6, 6.07) is 9.85. The van der Waals surface area contributed by atoms with Crippen molar-refractivity contribution in [1.82, 2.24) is 21.1 Å². The molecule has 1 aliphatic heterocycles. The highest BCUT2D eigenvalue weighted by molar-refractivity contribution is 5.96. The molecule has 0 saturated carbocycles. The van der Waals surface area contributed by atoms with Gasteiger partial charge in [0.25, 0.3) is 0 Å². The molecule has 7 heteroatoms. The van der Waals surface area contributed by atoms with E-state index in [0.717, 1.165) is 13.0 Å². The van der Waals surface area contributed by atoms with Gasteiger partial charge in [0.1, 0.15) is 6.73 Å². The number of amides is 3. The van der Waals surface area contributed by atoms with Crippen LogP contribution in [0.25, 0.3) is 0 Å². The first-order chi connectivity index (χ1) is 11.5. The van der Waals surface area contributed by atoms with Crippen LogP contribution in [0.3, 0.4) is 0 Å². The van der Waals surface area contributed by atoms with Crippen molar-refractivity contribution in [3.05, 3.63) is 35.9 Å². The lowest BCUT2D eigenvalue weighted by molar-refractivity contribution is -0.122. The SMILES string of the molecule is CC(C)(NNCCCOCN1CCC(=O)NC1=O)c1ccccc1. The van der Waals surface area contributed by atoms with Gasteiger partial charge in [0.2, 0.25) is 5.91 Å². The molecule has 1 saturated heterocycles. The van der Waals surface area contributed by atoms with Gasteiger partial charge in [-0.3, -0.25) is 15.5 Å². The Kier molecular flexibility index (Phi) is 6.72. The number of rotatable bonds is 9. The smallest absolute Gasteiger partial charge is 0.325 e. The number of hydrogen-bond donors (Lipinski definition) is 3. The Morgan fingerprint density at radius 1 is 1.25 bits per heavy atom. The molecule has 132 valence electrons. The minimum atomic E-state index is -0.379. The van der Waals surface area contributed by atoms with Crippen LogP contribution >= 0.6 is 0 Å². The lowest BCUT2D eigenvalue weighted by Gasteiger charge is -2.27. The topological polar surface area (TPSA) is 82.7 Å². The summed E-state index contributed by atoms with van der Waals surface area (Å²) in [6.07, 6.45) is 1.14. The van der Waals surface area contributed by atoms with Crippen LogP contribution < -0.4 is 16.2 Å². The summed E-state index contributed by atoms with van der Waals surface area (Å²) in [5.74, 6) is -0.229. The minimum absolute atomic E-state index is 0.166. The first kappa shape index (κ1) is 18.4. The number of urea groups is 1. The first-order valence-corrected chi connectivity index (χ1v) is 8.21. The van der Waals surface area contributed by atoms with Crippen molar-refractivity contribution in [2.45, 2.75) is 32.2 Å². The standard InChI is InChI=1S/C17H26N4O3/c1-17(2,14-7-4-3-5-8-14)20-18-10-6-12-24-13-21-11-9-15(22)19-16(21)23/h3-5,7-8,18,20H,6,9-13H2,1-2H3,(H,19,22,23). The Morgan fingerprint density at radius 2 is 2.00 bits per heavy atom. The number of carbonyl (C=O) groups is 2. The molecule has 0 aliphatic carbocycles. The van der Waals surface area contributed by atoms with E-state index in [1.807, 2.05) is 18.2 Å². The highest BCUT2D eigenvalue weighted by Crippen LogP contribution is 2.18. The molecule has 0 atom stereocenters. The van der Waals surface area contributed by atoms with E-state index in [0.29, 0.717) is 19.6 Å². The summed E-state index contributed by atoms with van der Waals surface area (Å²) in [7, 11) is 0. The summed E-state index contributed by atoms with van der Waals surface area (Å²) >= 11 is 0. The highest BCUT2D eigenvalue weighted by atomic mass is 16.5. The van der Waals surface area contributed by atoms with Crippen LogP contribution in [0.2, 0.25) is 0 Å². The molecule has 1 aromatic rings. The van der Waals surface area contributed by atoms with E-state index in [1.54, 1.807) is 0 Å². The van der Waals surface area contributed by atoms with Gasteiger partial charge in [-0.25, -0.2) is 10.2 Å².